The van der Waals surface area contributed by atoms with Crippen molar-refractivity contribution in [3.05, 3.63) is 15.6 Å². The molecule has 0 unspecified atom stereocenters. The molecule has 4 heteroatoms. The Kier molecular flexibility index (Phi) is 2.73. The van der Waals surface area contributed by atoms with E-state index in [1.165, 1.54) is 28.4 Å². The summed E-state index contributed by atoms with van der Waals surface area (Å²) in [5, 5.41) is 4.63. The Bertz CT molecular complexity index is 359. The van der Waals surface area contributed by atoms with Crippen LogP contribution in [0.15, 0.2) is 0 Å². The Morgan fingerprint density at radius 1 is 1.38 bits per heavy atom. The molecule has 1 aliphatic heterocycles. The van der Waals surface area contributed by atoms with E-state index in [1.54, 1.807) is 0 Å². The first-order valence-electron chi connectivity index (χ1n) is 6.09. The second-order valence-corrected chi connectivity index (χ2v) is 5.80. The maximum atomic E-state index is 5.79. The molecule has 0 atom stereocenters. The lowest BCUT2D eigenvalue weighted by atomic mass is 10.0. The van der Waals surface area contributed by atoms with Crippen molar-refractivity contribution in [1.29, 1.82) is 0 Å². The molecule has 0 amide bonds. The maximum Gasteiger partial charge on any atom is 0.125 e. The van der Waals surface area contributed by atoms with Gasteiger partial charge in [-0.05, 0) is 12.8 Å². The fraction of sp³-hybridized carbons (Fsp3) is 0.750. The highest BCUT2D eigenvalue weighted by Crippen LogP contribution is 2.44. The zero-order valence-corrected chi connectivity index (χ0v) is 10.5. The van der Waals surface area contributed by atoms with E-state index < -0.39 is 0 Å². The molecule has 0 saturated heterocycles. The van der Waals surface area contributed by atoms with Crippen LogP contribution in [0.5, 0.6) is 0 Å². The largest absolute Gasteiger partial charge is 0.371 e. The van der Waals surface area contributed by atoms with Crippen LogP contribution in [0.4, 0.5) is 0 Å². The van der Waals surface area contributed by atoms with E-state index in [4.69, 9.17) is 9.72 Å². The van der Waals surface area contributed by atoms with Gasteiger partial charge < -0.3 is 10.1 Å². The summed E-state index contributed by atoms with van der Waals surface area (Å²) in [6.07, 6.45) is 5.91. The van der Waals surface area contributed by atoms with E-state index in [1.807, 2.05) is 18.4 Å². The third kappa shape index (κ3) is 1.60. The van der Waals surface area contributed by atoms with Gasteiger partial charge in [0.25, 0.3) is 0 Å². The summed E-state index contributed by atoms with van der Waals surface area (Å²) < 4.78 is 5.79. The first-order valence-corrected chi connectivity index (χ1v) is 6.91. The van der Waals surface area contributed by atoms with Gasteiger partial charge in [-0.2, -0.15) is 0 Å². The summed E-state index contributed by atoms with van der Waals surface area (Å²) in [5.41, 5.74) is 1.25. The molecule has 1 saturated carbocycles. The summed E-state index contributed by atoms with van der Waals surface area (Å²) in [7, 11) is 1.84. The average Bonchev–Trinajstić information content (AvgIpc) is 2.96. The molecule has 2 heterocycles. The van der Waals surface area contributed by atoms with Crippen LogP contribution in [0.1, 0.15) is 41.3 Å². The fourth-order valence-corrected chi connectivity index (χ4v) is 4.07. The first-order chi connectivity index (χ1) is 7.84. The van der Waals surface area contributed by atoms with Crippen LogP contribution in [0.3, 0.4) is 0 Å². The molecule has 1 fully saturated rings. The highest BCUT2D eigenvalue weighted by atomic mass is 32.1. The summed E-state index contributed by atoms with van der Waals surface area (Å²) in [6.45, 7) is 2.06. The Morgan fingerprint density at radius 3 is 2.88 bits per heavy atom. The number of thiazole rings is 1. The van der Waals surface area contributed by atoms with Crippen LogP contribution in [-0.4, -0.2) is 18.6 Å². The van der Waals surface area contributed by atoms with Crippen LogP contribution < -0.4 is 5.32 Å². The zero-order chi connectivity index (χ0) is 11.0. The molecular weight excluding hydrogens is 220 g/mol. The van der Waals surface area contributed by atoms with Gasteiger partial charge in [-0.1, -0.05) is 12.8 Å². The highest BCUT2D eigenvalue weighted by molar-refractivity contribution is 7.11. The Hall–Kier alpha value is -0.450. The number of nitrogens with zero attached hydrogens (tertiary/aromatic N) is 1. The predicted octanol–water partition coefficient (Wildman–Crippen LogP) is 2.20. The van der Waals surface area contributed by atoms with Gasteiger partial charge >= 0.3 is 0 Å². The van der Waals surface area contributed by atoms with Crippen molar-refractivity contribution in [3.63, 3.8) is 0 Å². The van der Waals surface area contributed by atoms with Crippen molar-refractivity contribution in [2.24, 2.45) is 0 Å². The molecule has 1 N–H and O–H groups in total. The van der Waals surface area contributed by atoms with E-state index in [2.05, 4.69) is 5.32 Å². The molecule has 1 aromatic heterocycles. The van der Waals surface area contributed by atoms with Gasteiger partial charge in [0.1, 0.15) is 10.6 Å². The number of hydrogen-bond donors (Lipinski definition) is 1. The number of ether oxygens (including phenoxy) is 1. The number of fused-ring (bicyclic) bond motifs is 1. The molecule has 1 aliphatic carbocycles. The van der Waals surface area contributed by atoms with Gasteiger partial charge in [0, 0.05) is 31.5 Å². The first kappa shape index (κ1) is 10.7. The molecular formula is C12H18N2OS. The lowest BCUT2D eigenvalue weighted by Gasteiger charge is -2.24. The molecule has 3 rings (SSSR count). The van der Waals surface area contributed by atoms with Gasteiger partial charge in [0.2, 0.25) is 0 Å². The monoisotopic (exact) mass is 238 g/mol. The third-order valence-electron chi connectivity index (χ3n) is 3.79. The minimum atomic E-state index is -0.0536. The Balaban J connectivity index is 1.96. The van der Waals surface area contributed by atoms with E-state index in [-0.39, 0.29) is 5.60 Å². The van der Waals surface area contributed by atoms with Gasteiger partial charge in [0.15, 0.2) is 0 Å². The molecule has 2 aliphatic rings. The van der Waals surface area contributed by atoms with Gasteiger partial charge in [-0.3, -0.25) is 0 Å². The number of methoxy groups -OCH3 is 1. The third-order valence-corrected chi connectivity index (χ3v) is 5.08. The molecule has 0 radical (unpaired) electrons. The number of aromatic nitrogens is 1. The highest BCUT2D eigenvalue weighted by Gasteiger charge is 2.39. The van der Waals surface area contributed by atoms with E-state index in [0.29, 0.717) is 0 Å². The minimum absolute atomic E-state index is 0.0536. The van der Waals surface area contributed by atoms with Crippen molar-refractivity contribution in [3.8, 4) is 0 Å². The van der Waals surface area contributed by atoms with E-state index >= 15 is 0 Å². The Labute approximate surface area is 100 Å². The smallest absolute Gasteiger partial charge is 0.125 e. The van der Waals surface area contributed by atoms with Gasteiger partial charge in [0.05, 0.1) is 5.69 Å². The zero-order valence-electron chi connectivity index (χ0n) is 9.71. The molecule has 0 bridgehead atoms. The number of nitrogens with one attached hydrogen (secondary N) is 1. The Morgan fingerprint density at radius 2 is 2.19 bits per heavy atom. The van der Waals surface area contributed by atoms with Crippen molar-refractivity contribution >= 4 is 11.3 Å². The normalized spacial score (nSPS) is 23.3. The van der Waals surface area contributed by atoms with Crippen molar-refractivity contribution in [2.45, 2.75) is 44.2 Å². The maximum absolute atomic E-state index is 5.79. The number of rotatable bonds is 2. The fourth-order valence-electron chi connectivity index (χ4n) is 2.77. The van der Waals surface area contributed by atoms with Crippen LogP contribution in [-0.2, 0) is 23.3 Å². The van der Waals surface area contributed by atoms with Crippen molar-refractivity contribution in [2.75, 3.05) is 13.7 Å². The van der Waals surface area contributed by atoms with Crippen LogP contribution in [0.2, 0.25) is 0 Å². The minimum Gasteiger partial charge on any atom is -0.371 e. The molecule has 0 spiro atoms. The van der Waals surface area contributed by atoms with Crippen molar-refractivity contribution < 1.29 is 4.74 Å². The lowest BCUT2D eigenvalue weighted by Crippen LogP contribution is -2.24. The molecule has 1 aromatic rings. The topological polar surface area (TPSA) is 34.1 Å². The summed E-state index contributed by atoms with van der Waals surface area (Å²) >= 11 is 1.86. The van der Waals surface area contributed by atoms with Crippen LogP contribution in [0.25, 0.3) is 0 Å². The lowest BCUT2D eigenvalue weighted by molar-refractivity contribution is -0.00896. The predicted molar refractivity (Wildman–Crippen MR) is 64.7 cm³/mol. The molecule has 3 nitrogen and oxygen atoms in total. The second-order valence-electron chi connectivity index (χ2n) is 4.72. The summed E-state index contributed by atoms with van der Waals surface area (Å²) in [5.74, 6) is 0. The van der Waals surface area contributed by atoms with Gasteiger partial charge in [-0.15, -0.1) is 11.3 Å². The molecule has 88 valence electrons. The van der Waals surface area contributed by atoms with Gasteiger partial charge in [-0.25, -0.2) is 4.98 Å². The van der Waals surface area contributed by atoms with E-state index in [9.17, 15) is 0 Å². The molecule has 16 heavy (non-hydrogen) atoms. The second kappa shape index (κ2) is 4.09. The summed E-state index contributed by atoms with van der Waals surface area (Å²) in [6, 6.07) is 0. The van der Waals surface area contributed by atoms with Crippen LogP contribution >= 0.6 is 11.3 Å². The van der Waals surface area contributed by atoms with Crippen molar-refractivity contribution in [1.82, 2.24) is 10.3 Å². The number of hydrogen-bond acceptors (Lipinski definition) is 4. The molecule has 0 aromatic carbocycles. The van der Waals surface area contributed by atoms with Crippen LogP contribution in [0, 0.1) is 0 Å². The van der Waals surface area contributed by atoms with E-state index in [0.717, 1.165) is 32.4 Å². The average molecular weight is 238 g/mol. The standard InChI is InChI=1S/C12H18N2OS/c1-15-12(5-2-3-6-12)11-14-9-4-7-13-8-10(9)16-11/h13H,2-8H2,1H3. The quantitative estimate of drug-likeness (QED) is 0.857. The SMILES string of the molecule is COC1(c2nc3c(s2)CNCC3)CCCC1. The summed E-state index contributed by atoms with van der Waals surface area (Å²) in [4.78, 5) is 6.25.